The normalized spacial score (nSPS) is 26.6. The zero-order chi connectivity index (χ0) is 11.2. The molecule has 1 aliphatic carbocycles. The van der Waals surface area contributed by atoms with Crippen LogP contribution >= 0.6 is 0 Å². The molecule has 0 amide bonds. The van der Waals surface area contributed by atoms with E-state index in [0.29, 0.717) is 18.6 Å². The van der Waals surface area contributed by atoms with E-state index in [1.165, 1.54) is 25.7 Å². The van der Waals surface area contributed by atoms with Crippen LogP contribution in [-0.4, -0.2) is 28.0 Å². The number of nitrogens with zero attached hydrogens (tertiary/aromatic N) is 1. The van der Waals surface area contributed by atoms with Gasteiger partial charge in [-0.3, -0.25) is 5.10 Å². The van der Waals surface area contributed by atoms with Crippen molar-refractivity contribution in [3.8, 4) is 0 Å². The Morgan fingerprint density at radius 1 is 1.38 bits per heavy atom. The summed E-state index contributed by atoms with van der Waals surface area (Å²) < 4.78 is 0. The van der Waals surface area contributed by atoms with Crippen molar-refractivity contribution < 1.29 is 5.11 Å². The van der Waals surface area contributed by atoms with Crippen LogP contribution in [0, 0.1) is 5.92 Å². The highest BCUT2D eigenvalue weighted by Crippen LogP contribution is 2.23. The lowest BCUT2D eigenvalue weighted by Gasteiger charge is -2.24. The van der Waals surface area contributed by atoms with E-state index >= 15 is 0 Å². The van der Waals surface area contributed by atoms with Gasteiger partial charge in [-0.2, -0.15) is 5.10 Å². The Bertz CT molecular complexity index is 286. The largest absolute Gasteiger partial charge is 0.396 e. The lowest BCUT2D eigenvalue weighted by molar-refractivity contribution is 0.181. The van der Waals surface area contributed by atoms with Crippen molar-refractivity contribution in [2.75, 3.05) is 6.61 Å². The van der Waals surface area contributed by atoms with Gasteiger partial charge >= 0.3 is 0 Å². The molecule has 1 aromatic heterocycles. The topological polar surface area (TPSA) is 60.9 Å². The summed E-state index contributed by atoms with van der Waals surface area (Å²) in [5.74, 6) is 0.422. The first-order valence-corrected chi connectivity index (χ1v) is 6.22. The van der Waals surface area contributed by atoms with Gasteiger partial charge in [0.05, 0.1) is 0 Å². The van der Waals surface area contributed by atoms with Crippen LogP contribution in [0.5, 0.6) is 0 Å². The van der Waals surface area contributed by atoms with Crippen LogP contribution in [0.3, 0.4) is 0 Å². The molecule has 1 fully saturated rings. The van der Waals surface area contributed by atoms with Gasteiger partial charge in [0.1, 0.15) is 0 Å². The summed E-state index contributed by atoms with van der Waals surface area (Å²) in [5.41, 5.74) is 1.11. The highest BCUT2D eigenvalue weighted by Gasteiger charge is 2.22. The molecule has 2 atom stereocenters. The molecule has 2 rings (SSSR count). The fourth-order valence-corrected chi connectivity index (χ4v) is 2.50. The van der Waals surface area contributed by atoms with Crippen LogP contribution in [0.25, 0.3) is 0 Å². The highest BCUT2D eigenvalue weighted by molar-refractivity contribution is 4.97. The van der Waals surface area contributed by atoms with Crippen molar-refractivity contribution in [2.45, 2.75) is 44.7 Å². The van der Waals surface area contributed by atoms with E-state index in [4.69, 9.17) is 0 Å². The predicted octanol–water partition coefficient (Wildman–Crippen LogP) is 1.44. The van der Waals surface area contributed by atoms with Crippen molar-refractivity contribution in [1.29, 1.82) is 0 Å². The molecule has 16 heavy (non-hydrogen) atoms. The first-order chi connectivity index (χ1) is 7.90. The predicted molar refractivity (Wildman–Crippen MR) is 62.9 cm³/mol. The van der Waals surface area contributed by atoms with E-state index in [-0.39, 0.29) is 0 Å². The third-order valence-corrected chi connectivity index (χ3v) is 3.51. The second-order valence-corrected chi connectivity index (χ2v) is 4.65. The van der Waals surface area contributed by atoms with Gasteiger partial charge in [-0.25, -0.2) is 0 Å². The molecule has 0 bridgehead atoms. The Morgan fingerprint density at radius 2 is 2.25 bits per heavy atom. The van der Waals surface area contributed by atoms with Gasteiger partial charge in [0.25, 0.3) is 0 Å². The summed E-state index contributed by atoms with van der Waals surface area (Å²) in [4.78, 5) is 0. The summed E-state index contributed by atoms with van der Waals surface area (Å²) in [6.45, 7) is 1.13. The van der Waals surface area contributed by atoms with Gasteiger partial charge in [0.15, 0.2) is 0 Å². The number of hydrogen-bond donors (Lipinski definition) is 3. The first kappa shape index (κ1) is 11.6. The maximum absolute atomic E-state index is 9.38. The van der Waals surface area contributed by atoms with E-state index in [2.05, 4.69) is 15.5 Å². The second kappa shape index (κ2) is 6.01. The zero-order valence-corrected chi connectivity index (χ0v) is 9.65. The molecular weight excluding hydrogens is 202 g/mol. The smallest absolute Gasteiger partial charge is 0.0490 e. The fourth-order valence-electron chi connectivity index (χ4n) is 2.50. The summed E-state index contributed by atoms with van der Waals surface area (Å²) in [6, 6.07) is 2.44. The minimum absolute atomic E-state index is 0.306. The molecule has 0 saturated heterocycles. The third-order valence-electron chi connectivity index (χ3n) is 3.51. The highest BCUT2D eigenvalue weighted by atomic mass is 16.3. The standard InChI is InChI=1S/C12H21N3O/c16-9-10-4-2-1-3-5-12(10)13-8-11-6-7-14-15-11/h6-7,10,12-13,16H,1-5,8-9H2,(H,14,15). The number of aliphatic hydroxyl groups excluding tert-OH is 1. The molecule has 4 heteroatoms. The monoisotopic (exact) mass is 223 g/mol. The molecule has 90 valence electrons. The van der Waals surface area contributed by atoms with Crippen molar-refractivity contribution in [2.24, 2.45) is 5.92 Å². The molecule has 1 saturated carbocycles. The number of aromatic nitrogens is 2. The van der Waals surface area contributed by atoms with E-state index in [0.717, 1.165) is 18.7 Å². The molecule has 3 N–H and O–H groups in total. The van der Waals surface area contributed by atoms with Gasteiger partial charge < -0.3 is 10.4 Å². The summed E-state index contributed by atoms with van der Waals surface area (Å²) in [6.07, 6.45) is 7.94. The number of aliphatic hydroxyl groups is 1. The van der Waals surface area contributed by atoms with Gasteiger partial charge in [0.2, 0.25) is 0 Å². The third kappa shape index (κ3) is 3.06. The number of aromatic amines is 1. The number of nitrogens with one attached hydrogen (secondary N) is 2. The molecule has 0 radical (unpaired) electrons. The zero-order valence-electron chi connectivity index (χ0n) is 9.65. The van der Waals surface area contributed by atoms with Gasteiger partial charge in [-0.15, -0.1) is 0 Å². The molecule has 0 aliphatic heterocycles. The van der Waals surface area contributed by atoms with Crippen LogP contribution in [0.2, 0.25) is 0 Å². The maximum Gasteiger partial charge on any atom is 0.0490 e. The number of hydrogen-bond acceptors (Lipinski definition) is 3. The van der Waals surface area contributed by atoms with E-state index < -0.39 is 0 Å². The van der Waals surface area contributed by atoms with Gasteiger partial charge in [-0.05, 0) is 24.8 Å². The van der Waals surface area contributed by atoms with Crippen LogP contribution in [-0.2, 0) is 6.54 Å². The Kier molecular flexibility index (Phi) is 4.36. The minimum atomic E-state index is 0.306. The van der Waals surface area contributed by atoms with Crippen molar-refractivity contribution >= 4 is 0 Å². The molecular formula is C12H21N3O. The Balaban J connectivity index is 1.85. The number of rotatable bonds is 4. The van der Waals surface area contributed by atoms with Crippen molar-refractivity contribution in [1.82, 2.24) is 15.5 Å². The fraction of sp³-hybridized carbons (Fsp3) is 0.750. The van der Waals surface area contributed by atoms with Crippen molar-refractivity contribution in [3.63, 3.8) is 0 Å². The molecule has 1 aliphatic rings. The maximum atomic E-state index is 9.38. The van der Waals surface area contributed by atoms with E-state index in [1.54, 1.807) is 6.20 Å². The molecule has 1 heterocycles. The van der Waals surface area contributed by atoms with E-state index in [1.807, 2.05) is 6.07 Å². The molecule has 4 nitrogen and oxygen atoms in total. The molecule has 2 unspecified atom stereocenters. The molecule has 0 spiro atoms. The summed E-state index contributed by atoms with van der Waals surface area (Å²) in [5, 5.41) is 19.8. The summed E-state index contributed by atoms with van der Waals surface area (Å²) in [7, 11) is 0. The molecule has 0 aromatic carbocycles. The lowest BCUT2D eigenvalue weighted by Crippen LogP contribution is -2.36. The Morgan fingerprint density at radius 3 is 3.00 bits per heavy atom. The van der Waals surface area contributed by atoms with Crippen molar-refractivity contribution in [3.05, 3.63) is 18.0 Å². The first-order valence-electron chi connectivity index (χ1n) is 6.22. The molecule has 1 aromatic rings. The minimum Gasteiger partial charge on any atom is -0.396 e. The summed E-state index contributed by atoms with van der Waals surface area (Å²) >= 11 is 0. The van der Waals surface area contributed by atoms with Crippen LogP contribution in [0.1, 0.15) is 37.8 Å². The SMILES string of the molecule is OCC1CCCCCC1NCc1ccn[nH]1. The number of H-pyrrole nitrogens is 1. The van der Waals surface area contributed by atoms with Crippen LogP contribution in [0.4, 0.5) is 0 Å². The Labute approximate surface area is 96.5 Å². The Hall–Kier alpha value is -0.870. The van der Waals surface area contributed by atoms with Crippen LogP contribution < -0.4 is 5.32 Å². The lowest BCUT2D eigenvalue weighted by atomic mass is 9.95. The van der Waals surface area contributed by atoms with E-state index in [9.17, 15) is 5.11 Å². The average molecular weight is 223 g/mol. The van der Waals surface area contributed by atoms with Gasteiger partial charge in [0, 0.05) is 31.1 Å². The quantitative estimate of drug-likeness (QED) is 0.677. The average Bonchev–Trinajstić information content (AvgIpc) is 2.71. The van der Waals surface area contributed by atoms with Crippen LogP contribution in [0.15, 0.2) is 12.3 Å². The second-order valence-electron chi connectivity index (χ2n) is 4.65. The van der Waals surface area contributed by atoms with Gasteiger partial charge in [-0.1, -0.05) is 19.3 Å².